The first kappa shape index (κ1) is 14.2. The maximum atomic E-state index is 11.9. The summed E-state index contributed by atoms with van der Waals surface area (Å²) in [6, 6.07) is 3.86. The van der Waals surface area contributed by atoms with Gasteiger partial charge in [0.25, 0.3) is 0 Å². The van der Waals surface area contributed by atoms with E-state index < -0.39 is 10.0 Å². The lowest BCUT2D eigenvalue weighted by Gasteiger charge is -2.10. The van der Waals surface area contributed by atoms with Gasteiger partial charge in [-0.15, -0.1) is 0 Å². The quantitative estimate of drug-likeness (QED) is 0.857. The minimum absolute atomic E-state index is 0.0424. The number of hydrogen-bond donors (Lipinski definition) is 1. The van der Waals surface area contributed by atoms with Gasteiger partial charge in [0.2, 0.25) is 10.0 Å². The first-order chi connectivity index (χ1) is 7.74. The van der Waals surface area contributed by atoms with Crippen LogP contribution in [0.3, 0.4) is 0 Å². The molecular weight excluding hydrogens is 262 g/mol. The Bertz CT molecular complexity index is 538. The van der Waals surface area contributed by atoms with Gasteiger partial charge in [0.1, 0.15) is 0 Å². The summed E-state index contributed by atoms with van der Waals surface area (Å²) in [4.78, 5) is 11.3. The molecule has 1 rings (SSSR count). The standard InChI is InChI=1S/C11H14ClNO3S/c1-7(2)13-17(15,16)9-4-5-11(12)10(6-9)8(3)14/h4-7,13H,1-3H3. The van der Waals surface area contributed by atoms with Crippen molar-refractivity contribution in [1.82, 2.24) is 4.72 Å². The minimum atomic E-state index is -3.59. The van der Waals surface area contributed by atoms with Gasteiger partial charge in [0.15, 0.2) is 5.78 Å². The van der Waals surface area contributed by atoms with Crippen LogP contribution in [0.2, 0.25) is 5.02 Å². The van der Waals surface area contributed by atoms with Crippen molar-refractivity contribution in [1.29, 1.82) is 0 Å². The number of rotatable bonds is 4. The maximum Gasteiger partial charge on any atom is 0.240 e. The highest BCUT2D eigenvalue weighted by Gasteiger charge is 2.17. The van der Waals surface area contributed by atoms with Crippen LogP contribution in [0, 0.1) is 0 Å². The van der Waals surface area contributed by atoms with Crippen LogP contribution in [-0.2, 0) is 10.0 Å². The van der Waals surface area contributed by atoms with Crippen LogP contribution < -0.4 is 4.72 Å². The Kier molecular flexibility index (Phi) is 4.30. The van der Waals surface area contributed by atoms with Gasteiger partial charge in [-0.05, 0) is 39.0 Å². The molecule has 0 amide bonds. The van der Waals surface area contributed by atoms with Crippen molar-refractivity contribution in [3.63, 3.8) is 0 Å². The molecule has 4 nitrogen and oxygen atoms in total. The van der Waals surface area contributed by atoms with Crippen molar-refractivity contribution in [2.45, 2.75) is 31.7 Å². The van der Waals surface area contributed by atoms with Gasteiger partial charge in [0.05, 0.1) is 9.92 Å². The molecular formula is C11H14ClNO3S. The lowest BCUT2D eigenvalue weighted by atomic mass is 10.1. The summed E-state index contributed by atoms with van der Waals surface area (Å²) in [7, 11) is -3.59. The van der Waals surface area contributed by atoms with Crippen LogP contribution in [0.5, 0.6) is 0 Å². The smallest absolute Gasteiger partial charge is 0.240 e. The number of sulfonamides is 1. The zero-order valence-electron chi connectivity index (χ0n) is 9.82. The zero-order valence-corrected chi connectivity index (χ0v) is 11.4. The first-order valence-corrected chi connectivity index (χ1v) is 6.93. The lowest BCUT2D eigenvalue weighted by Crippen LogP contribution is -2.30. The monoisotopic (exact) mass is 275 g/mol. The average Bonchev–Trinajstić information content (AvgIpc) is 2.15. The summed E-state index contributed by atoms with van der Waals surface area (Å²) in [5.74, 6) is -0.267. The highest BCUT2D eigenvalue weighted by molar-refractivity contribution is 7.89. The second-order valence-electron chi connectivity index (χ2n) is 3.97. The third-order valence-electron chi connectivity index (χ3n) is 2.02. The Labute approximate surface area is 106 Å². The van der Waals surface area contributed by atoms with E-state index in [1.165, 1.54) is 25.1 Å². The lowest BCUT2D eigenvalue weighted by molar-refractivity contribution is 0.101. The van der Waals surface area contributed by atoms with E-state index in [2.05, 4.69) is 4.72 Å². The average molecular weight is 276 g/mol. The van der Waals surface area contributed by atoms with Gasteiger partial charge in [-0.1, -0.05) is 11.6 Å². The van der Waals surface area contributed by atoms with Crippen molar-refractivity contribution < 1.29 is 13.2 Å². The van der Waals surface area contributed by atoms with E-state index in [1.807, 2.05) is 0 Å². The van der Waals surface area contributed by atoms with Crippen LogP contribution in [-0.4, -0.2) is 20.2 Å². The van der Waals surface area contributed by atoms with Gasteiger partial charge >= 0.3 is 0 Å². The van der Waals surface area contributed by atoms with Crippen LogP contribution >= 0.6 is 11.6 Å². The highest BCUT2D eigenvalue weighted by atomic mass is 35.5. The van der Waals surface area contributed by atoms with E-state index in [0.29, 0.717) is 0 Å². The number of ketones is 1. The predicted molar refractivity (Wildman–Crippen MR) is 66.9 cm³/mol. The molecule has 0 aromatic heterocycles. The molecule has 0 unspecified atom stereocenters. The Morgan fingerprint density at radius 2 is 1.94 bits per heavy atom. The minimum Gasteiger partial charge on any atom is -0.294 e. The van der Waals surface area contributed by atoms with Crippen molar-refractivity contribution in [3.8, 4) is 0 Å². The van der Waals surface area contributed by atoms with Crippen LogP contribution in [0.25, 0.3) is 0 Å². The Morgan fingerprint density at radius 3 is 2.41 bits per heavy atom. The Balaban J connectivity index is 3.25. The van der Waals surface area contributed by atoms with Crippen molar-refractivity contribution >= 4 is 27.4 Å². The molecule has 1 N–H and O–H groups in total. The van der Waals surface area contributed by atoms with Gasteiger partial charge in [0, 0.05) is 11.6 Å². The largest absolute Gasteiger partial charge is 0.294 e. The fourth-order valence-electron chi connectivity index (χ4n) is 1.32. The Hall–Kier alpha value is -0.910. The fraction of sp³-hybridized carbons (Fsp3) is 0.364. The van der Waals surface area contributed by atoms with Crippen LogP contribution in [0.1, 0.15) is 31.1 Å². The summed E-state index contributed by atoms with van der Waals surface area (Å²) in [6.45, 7) is 4.78. The van der Waals surface area contributed by atoms with E-state index in [-0.39, 0.29) is 27.3 Å². The molecule has 1 aromatic carbocycles. The van der Waals surface area contributed by atoms with Gasteiger partial charge in [-0.2, -0.15) is 0 Å². The van der Waals surface area contributed by atoms with Crippen molar-refractivity contribution in [3.05, 3.63) is 28.8 Å². The molecule has 0 bridgehead atoms. The molecule has 0 aliphatic heterocycles. The number of hydrogen-bond acceptors (Lipinski definition) is 3. The van der Waals surface area contributed by atoms with Crippen molar-refractivity contribution in [2.75, 3.05) is 0 Å². The van der Waals surface area contributed by atoms with Gasteiger partial charge in [-0.3, -0.25) is 4.79 Å². The maximum absolute atomic E-state index is 11.9. The third kappa shape index (κ3) is 3.52. The first-order valence-electron chi connectivity index (χ1n) is 5.07. The molecule has 0 fully saturated rings. The normalized spacial score (nSPS) is 11.8. The molecule has 0 saturated heterocycles. The summed E-state index contributed by atoms with van der Waals surface area (Å²) >= 11 is 5.81. The molecule has 0 atom stereocenters. The summed E-state index contributed by atoms with van der Waals surface area (Å²) in [5.41, 5.74) is 0.207. The van der Waals surface area contributed by atoms with Crippen LogP contribution in [0.15, 0.2) is 23.1 Å². The fourth-order valence-corrected chi connectivity index (χ4v) is 2.85. The van der Waals surface area contributed by atoms with Crippen LogP contribution in [0.4, 0.5) is 0 Å². The molecule has 0 saturated carbocycles. The highest BCUT2D eigenvalue weighted by Crippen LogP contribution is 2.21. The molecule has 1 aromatic rings. The van der Waals surface area contributed by atoms with E-state index in [4.69, 9.17) is 11.6 Å². The van der Waals surface area contributed by atoms with Crippen molar-refractivity contribution in [2.24, 2.45) is 0 Å². The number of nitrogens with one attached hydrogen (secondary N) is 1. The third-order valence-corrected chi connectivity index (χ3v) is 4.00. The van der Waals surface area contributed by atoms with E-state index in [9.17, 15) is 13.2 Å². The number of carbonyl (C=O) groups excluding carboxylic acids is 1. The summed E-state index contributed by atoms with van der Waals surface area (Å²) in [6.07, 6.45) is 0. The van der Waals surface area contributed by atoms with E-state index >= 15 is 0 Å². The number of halogens is 1. The van der Waals surface area contributed by atoms with E-state index in [0.717, 1.165) is 0 Å². The molecule has 6 heteroatoms. The molecule has 0 radical (unpaired) electrons. The number of Topliss-reactive ketones (excluding diaryl/α,β-unsaturated/α-hetero) is 1. The number of carbonyl (C=O) groups is 1. The zero-order chi connectivity index (χ0) is 13.2. The molecule has 0 spiro atoms. The molecule has 0 heterocycles. The number of benzene rings is 1. The van der Waals surface area contributed by atoms with Gasteiger partial charge < -0.3 is 0 Å². The molecule has 0 aliphatic carbocycles. The molecule has 17 heavy (non-hydrogen) atoms. The molecule has 94 valence electrons. The summed E-state index contributed by atoms with van der Waals surface area (Å²) in [5, 5.41) is 0.251. The van der Waals surface area contributed by atoms with E-state index in [1.54, 1.807) is 13.8 Å². The van der Waals surface area contributed by atoms with Gasteiger partial charge in [-0.25, -0.2) is 13.1 Å². The topological polar surface area (TPSA) is 63.2 Å². The Morgan fingerprint density at radius 1 is 1.35 bits per heavy atom. The second kappa shape index (κ2) is 5.16. The molecule has 0 aliphatic rings. The second-order valence-corrected chi connectivity index (χ2v) is 6.10. The summed E-state index contributed by atoms with van der Waals surface area (Å²) < 4.78 is 26.2. The SMILES string of the molecule is CC(=O)c1cc(S(=O)(=O)NC(C)C)ccc1Cl. The predicted octanol–water partition coefficient (Wildman–Crippen LogP) is 2.23.